The number of nitrogens with one attached hydrogen (secondary N) is 2. The molecule has 4 aromatic rings. The Hall–Kier alpha value is -3.35. The van der Waals surface area contributed by atoms with Gasteiger partial charge in [0.1, 0.15) is 11.6 Å². The van der Waals surface area contributed by atoms with E-state index in [2.05, 4.69) is 10.3 Å². The van der Waals surface area contributed by atoms with Gasteiger partial charge in [0.25, 0.3) is 5.91 Å². The number of aromatic nitrogens is 1. The van der Waals surface area contributed by atoms with Crippen LogP contribution in [0.5, 0.6) is 5.75 Å². The number of benzene rings is 3. The first-order valence-corrected chi connectivity index (χ1v) is 12.0. The number of aliphatic hydroxyl groups excluding tert-OH is 1. The first kappa shape index (κ1) is 24.8. The summed E-state index contributed by atoms with van der Waals surface area (Å²) in [6.45, 7) is 4.13. The van der Waals surface area contributed by atoms with Crippen LogP contribution in [0, 0.1) is 12.7 Å². The fourth-order valence-electron chi connectivity index (χ4n) is 4.01. The molecule has 1 atom stereocenters. The molecule has 0 bridgehead atoms. The summed E-state index contributed by atoms with van der Waals surface area (Å²) >= 11 is 6.31. The molecule has 5 nitrogen and oxygen atoms in total. The molecule has 0 aliphatic heterocycles. The van der Waals surface area contributed by atoms with Crippen molar-refractivity contribution in [1.29, 1.82) is 0 Å². The van der Waals surface area contributed by atoms with Crippen molar-refractivity contribution in [3.63, 3.8) is 0 Å². The summed E-state index contributed by atoms with van der Waals surface area (Å²) in [5.41, 5.74) is 4.66. The van der Waals surface area contributed by atoms with Gasteiger partial charge < -0.3 is 20.1 Å². The van der Waals surface area contributed by atoms with Crippen LogP contribution < -0.4 is 10.1 Å². The van der Waals surface area contributed by atoms with Gasteiger partial charge in [-0.05, 0) is 78.4 Å². The summed E-state index contributed by atoms with van der Waals surface area (Å²) in [5.74, 6) is -0.230. The van der Waals surface area contributed by atoms with Gasteiger partial charge in [0.15, 0.2) is 0 Å². The quantitative estimate of drug-likeness (QED) is 0.265. The van der Waals surface area contributed by atoms with Crippen molar-refractivity contribution >= 4 is 28.4 Å². The molecule has 4 rings (SSSR count). The smallest absolute Gasteiger partial charge is 0.255 e. The first-order chi connectivity index (χ1) is 16.9. The number of carbonyl (C=O) groups is 1. The number of aliphatic hydroxyl groups is 1. The van der Waals surface area contributed by atoms with Crippen LogP contribution in [0.1, 0.15) is 34.8 Å². The molecule has 0 saturated heterocycles. The molecular formula is C28H28ClFN2O3. The van der Waals surface area contributed by atoms with Crippen LogP contribution in [0.3, 0.4) is 0 Å². The van der Waals surface area contributed by atoms with Gasteiger partial charge in [0, 0.05) is 22.1 Å². The maximum Gasteiger partial charge on any atom is 0.255 e. The Morgan fingerprint density at radius 3 is 2.66 bits per heavy atom. The van der Waals surface area contributed by atoms with Crippen molar-refractivity contribution < 1.29 is 19.0 Å². The molecule has 0 radical (unpaired) electrons. The van der Waals surface area contributed by atoms with Gasteiger partial charge >= 0.3 is 0 Å². The third-order valence-electron chi connectivity index (χ3n) is 5.94. The van der Waals surface area contributed by atoms with E-state index in [0.29, 0.717) is 29.4 Å². The molecule has 1 unspecified atom stereocenters. The van der Waals surface area contributed by atoms with Crippen molar-refractivity contribution in [2.45, 2.75) is 32.7 Å². The summed E-state index contributed by atoms with van der Waals surface area (Å²) in [5, 5.41) is 14.3. The summed E-state index contributed by atoms with van der Waals surface area (Å²) in [6.07, 6.45) is 2.91. The number of aromatic amines is 1. The third kappa shape index (κ3) is 5.66. The molecule has 0 saturated carbocycles. The van der Waals surface area contributed by atoms with Crippen molar-refractivity contribution in [3.05, 3.63) is 88.3 Å². The summed E-state index contributed by atoms with van der Waals surface area (Å²) in [7, 11) is 0. The number of fused-ring (bicyclic) bond motifs is 1. The van der Waals surface area contributed by atoms with Gasteiger partial charge in [-0.25, -0.2) is 4.39 Å². The van der Waals surface area contributed by atoms with E-state index in [0.717, 1.165) is 39.6 Å². The zero-order valence-corrected chi connectivity index (χ0v) is 20.5. The number of amides is 1. The normalized spacial score (nSPS) is 12.0. The van der Waals surface area contributed by atoms with Crippen LogP contribution in [0.2, 0.25) is 5.02 Å². The zero-order valence-electron chi connectivity index (χ0n) is 19.7. The van der Waals surface area contributed by atoms with Crippen LogP contribution in [0.15, 0.2) is 60.8 Å². The van der Waals surface area contributed by atoms with E-state index in [1.165, 1.54) is 12.1 Å². The first-order valence-electron chi connectivity index (χ1n) is 11.6. The monoisotopic (exact) mass is 494 g/mol. The number of ether oxygens (including phenoxy) is 1. The lowest BCUT2D eigenvalue weighted by molar-refractivity contribution is 0.0912. The minimum atomic E-state index is -0.568. The van der Waals surface area contributed by atoms with Gasteiger partial charge in [-0.1, -0.05) is 36.7 Å². The highest BCUT2D eigenvalue weighted by Gasteiger charge is 2.20. The maximum absolute atomic E-state index is 13.8. The molecule has 35 heavy (non-hydrogen) atoms. The van der Waals surface area contributed by atoms with E-state index in [1.807, 2.05) is 38.1 Å². The lowest BCUT2D eigenvalue weighted by Crippen LogP contribution is -2.39. The molecule has 1 heterocycles. The third-order valence-corrected chi connectivity index (χ3v) is 6.35. The molecule has 182 valence electrons. The van der Waals surface area contributed by atoms with Crippen LogP contribution in [-0.2, 0) is 6.42 Å². The number of H-pyrrole nitrogens is 1. The highest BCUT2D eigenvalue weighted by molar-refractivity contribution is 6.31. The Kier molecular flexibility index (Phi) is 7.73. The minimum absolute atomic E-state index is 0.272. The van der Waals surface area contributed by atoms with Crippen molar-refractivity contribution in [2.75, 3.05) is 13.2 Å². The Bertz CT molecular complexity index is 1350. The highest BCUT2D eigenvalue weighted by Crippen LogP contribution is 2.30. The Labute approximate surface area is 208 Å². The van der Waals surface area contributed by atoms with E-state index < -0.39 is 6.04 Å². The van der Waals surface area contributed by atoms with Gasteiger partial charge in [-0.2, -0.15) is 0 Å². The number of aryl methyl sites for hydroxylation is 1. The Morgan fingerprint density at radius 2 is 1.91 bits per heavy atom. The highest BCUT2D eigenvalue weighted by atomic mass is 35.5. The summed E-state index contributed by atoms with van der Waals surface area (Å²) < 4.78 is 19.6. The van der Waals surface area contributed by atoms with Crippen molar-refractivity contribution in [3.8, 4) is 16.9 Å². The second kappa shape index (κ2) is 10.9. The van der Waals surface area contributed by atoms with Crippen LogP contribution >= 0.6 is 11.6 Å². The van der Waals surface area contributed by atoms with E-state index >= 15 is 0 Å². The maximum atomic E-state index is 13.8. The minimum Gasteiger partial charge on any atom is -0.493 e. The molecule has 0 aliphatic rings. The molecule has 7 heteroatoms. The summed E-state index contributed by atoms with van der Waals surface area (Å²) in [4.78, 5) is 16.5. The van der Waals surface area contributed by atoms with Crippen LogP contribution in [0.25, 0.3) is 22.0 Å². The number of rotatable bonds is 9. The predicted octanol–water partition coefficient (Wildman–Crippen LogP) is 6.06. The average Bonchev–Trinajstić information content (AvgIpc) is 3.25. The Balaban J connectivity index is 1.61. The molecule has 3 aromatic carbocycles. The number of carbonyl (C=O) groups excluding carboxylic acids is 1. The topological polar surface area (TPSA) is 74.3 Å². The number of halogens is 2. The average molecular weight is 495 g/mol. The number of hydrogen-bond acceptors (Lipinski definition) is 3. The molecule has 0 aliphatic carbocycles. The van der Waals surface area contributed by atoms with Gasteiger partial charge in [0.05, 0.1) is 24.8 Å². The number of hydrogen-bond donors (Lipinski definition) is 3. The SMILES string of the molecule is CCCOc1ccc(-c2ccc(C)c(Cl)c2)cc1C(=O)NC(CO)Cc1c[nH]c2ccc(F)cc12. The van der Waals surface area contributed by atoms with E-state index in [-0.39, 0.29) is 18.3 Å². The predicted molar refractivity (Wildman–Crippen MR) is 138 cm³/mol. The lowest BCUT2D eigenvalue weighted by Gasteiger charge is -2.18. The molecular weight excluding hydrogens is 467 g/mol. The van der Waals surface area contributed by atoms with Gasteiger partial charge in [-0.15, -0.1) is 0 Å². The standard InChI is InChI=1S/C28H28ClFN2O3/c1-3-10-35-27-9-6-18(19-5-4-17(2)25(29)13-19)12-24(27)28(34)32-22(16-33)11-20-15-31-26-8-7-21(30)14-23(20)26/h4-9,12-15,22,31,33H,3,10-11,16H2,1-2H3,(H,32,34). The van der Waals surface area contributed by atoms with E-state index in [1.54, 1.807) is 24.4 Å². The van der Waals surface area contributed by atoms with Crippen LogP contribution in [-0.4, -0.2) is 35.3 Å². The lowest BCUT2D eigenvalue weighted by atomic mass is 10.00. The summed E-state index contributed by atoms with van der Waals surface area (Å²) in [6, 6.07) is 15.1. The van der Waals surface area contributed by atoms with E-state index in [4.69, 9.17) is 16.3 Å². The molecule has 1 aromatic heterocycles. The van der Waals surface area contributed by atoms with Gasteiger partial charge in [-0.3, -0.25) is 4.79 Å². The fraction of sp³-hybridized carbons (Fsp3) is 0.250. The largest absolute Gasteiger partial charge is 0.493 e. The molecule has 0 spiro atoms. The second-order valence-electron chi connectivity index (χ2n) is 8.58. The fourth-order valence-corrected chi connectivity index (χ4v) is 4.19. The van der Waals surface area contributed by atoms with Crippen molar-refractivity contribution in [1.82, 2.24) is 10.3 Å². The molecule has 1 amide bonds. The van der Waals surface area contributed by atoms with Crippen molar-refractivity contribution in [2.24, 2.45) is 0 Å². The zero-order chi connectivity index (χ0) is 24.9. The Morgan fingerprint density at radius 1 is 1.14 bits per heavy atom. The van der Waals surface area contributed by atoms with Crippen LogP contribution in [0.4, 0.5) is 4.39 Å². The molecule has 3 N–H and O–H groups in total. The van der Waals surface area contributed by atoms with Gasteiger partial charge in [0.2, 0.25) is 0 Å². The molecule has 0 fully saturated rings. The van der Waals surface area contributed by atoms with E-state index in [9.17, 15) is 14.3 Å². The second-order valence-corrected chi connectivity index (χ2v) is 8.99.